The van der Waals surface area contributed by atoms with Crippen LogP contribution in [0.1, 0.15) is 32.7 Å². The highest BCUT2D eigenvalue weighted by molar-refractivity contribution is 6.32. The fourth-order valence-electron chi connectivity index (χ4n) is 2.68. The number of halogens is 1. The normalized spacial score (nSPS) is 10.7. The Balaban J connectivity index is 1.63. The van der Waals surface area contributed by atoms with Crippen molar-refractivity contribution in [1.29, 1.82) is 0 Å². The fourth-order valence-corrected chi connectivity index (χ4v) is 2.85. The van der Waals surface area contributed by atoms with Crippen LogP contribution in [-0.2, 0) is 20.2 Å². The maximum atomic E-state index is 12.5. The summed E-state index contributed by atoms with van der Waals surface area (Å²) in [6.45, 7) is 4.74. The summed E-state index contributed by atoms with van der Waals surface area (Å²) in [6.07, 6.45) is 1.77. The number of hydrogen-bond acceptors (Lipinski definition) is 3. The van der Waals surface area contributed by atoms with Gasteiger partial charge in [-0.1, -0.05) is 29.8 Å². The molecule has 0 unspecified atom stereocenters. The molecule has 1 aromatic heterocycles. The van der Waals surface area contributed by atoms with Crippen molar-refractivity contribution in [1.82, 2.24) is 15.1 Å². The van der Waals surface area contributed by atoms with E-state index in [4.69, 9.17) is 16.3 Å². The minimum atomic E-state index is -0.131. The lowest BCUT2D eigenvalue weighted by Crippen LogP contribution is -2.23. The average Bonchev–Trinajstić information content (AvgIpc) is 2.99. The number of nitrogens with zero attached hydrogens (tertiary/aromatic N) is 2. The molecule has 1 N–H and O–H groups in total. The molecule has 1 amide bonds. The molecule has 27 heavy (non-hydrogen) atoms. The summed E-state index contributed by atoms with van der Waals surface area (Å²) >= 11 is 6.16. The SMILES string of the molecule is Cc1ccc(Cl)c(OCc2cccc(C(=O)NCc3cnn(C)c3C)c2)c1. The van der Waals surface area contributed by atoms with Crippen LogP contribution in [0.4, 0.5) is 0 Å². The van der Waals surface area contributed by atoms with Crippen LogP contribution in [-0.4, -0.2) is 15.7 Å². The van der Waals surface area contributed by atoms with E-state index in [1.165, 1.54) is 0 Å². The van der Waals surface area contributed by atoms with Gasteiger partial charge in [-0.05, 0) is 49.2 Å². The van der Waals surface area contributed by atoms with E-state index >= 15 is 0 Å². The Kier molecular flexibility index (Phi) is 5.81. The summed E-state index contributed by atoms with van der Waals surface area (Å²) in [4.78, 5) is 12.5. The molecule has 0 saturated heterocycles. The first-order chi connectivity index (χ1) is 12.9. The standard InChI is InChI=1S/C21H22ClN3O2/c1-14-7-8-19(22)20(9-14)27-13-16-5-4-6-17(10-16)21(26)23-11-18-12-24-25(3)15(18)2/h4-10,12H,11,13H2,1-3H3,(H,23,26). The van der Waals surface area contributed by atoms with Gasteiger partial charge in [0, 0.05) is 30.4 Å². The molecular weight excluding hydrogens is 362 g/mol. The Labute approximate surface area is 163 Å². The molecule has 0 radical (unpaired) electrons. The summed E-state index contributed by atoms with van der Waals surface area (Å²) in [5.41, 5.74) is 4.60. The van der Waals surface area contributed by atoms with Gasteiger partial charge in [0.25, 0.3) is 5.91 Å². The third-order valence-electron chi connectivity index (χ3n) is 4.45. The highest BCUT2D eigenvalue weighted by atomic mass is 35.5. The topological polar surface area (TPSA) is 56.1 Å². The second kappa shape index (κ2) is 8.27. The van der Waals surface area contributed by atoms with Gasteiger partial charge in [-0.3, -0.25) is 9.48 Å². The first-order valence-electron chi connectivity index (χ1n) is 8.67. The van der Waals surface area contributed by atoms with Crippen LogP contribution < -0.4 is 10.1 Å². The molecule has 0 fully saturated rings. The smallest absolute Gasteiger partial charge is 0.251 e. The monoisotopic (exact) mass is 383 g/mol. The van der Waals surface area contributed by atoms with E-state index in [1.54, 1.807) is 16.9 Å². The van der Waals surface area contributed by atoms with E-state index in [1.807, 2.05) is 57.3 Å². The number of aromatic nitrogens is 2. The number of benzene rings is 2. The molecule has 0 aliphatic heterocycles. The van der Waals surface area contributed by atoms with Gasteiger partial charge >= 0.3 is 0 Å². The van der Waals surface area contributed by atoms with Crippen molar-refractivity contribution in [3.63, 3.8) is 0 Å². The second-order valence-electron chi connectivity index (χ2n) is 6.48. The summed E-state index contributed by atoms with van der Waals surface area (Å²) in [7, 11) is 1.88. The van der Waals surface area contributed by atoms with Crippen LogP contribution in [0.5, 0.6) is 5.75 Å². The van der Waals surface area contributed by atoms with E-state index in [2.05, 4.69) is 10.4 Å². The molecule has 0 bridgehead atoms. The number of ether oxygens (including phenoxy) is 1. The van der Waals surface area contributed by atoms with Gasteiger partial charge in [0.2, 0.25) is 0 Å². The molecule has 0 spiro atoms. The van der Waals surface area contributed by atoms with Crippen molar-refractivity contribution in [3.8, 4) is 5.75 Å². The zero-order valence-corrected chi connectivity index (χ0v) is 16.4. The van der Waals surface area contributed by atoms with Crippen molar-refractivity contribution < 1.29 is 9.53 Å². The van der Waals surface area contributed by atoms with E-state index in [0.717, 1.165) is 22.4 Å². The lowest BCUT2D eigenvalue weighted by atomic mass is 10.1. The molecular formula is C21H22ClN3O2. The zero-order valence-electron chi connectivity index (χ0n) is 15.6. The number of hydrogen-bond donors (Lipinski definition) is 1. The van der Waals surface area contributed by atoms with E-state index < -0.39 is 0 Å². The molecule has 0 saturated carbocycles. The maximum absolute atomic E-state index is 12.5. The van der Waals surface area contributed by atoms with Gasteiger partial charge in [0.15, 0.2) is 0 Å². The maximum Gasteiger partial charge on any atom is 0.251 e. The predicted molar refractivity (Wildman–Crippen MR) is 106 cm³/mol. The van der Waals surface area contributed by atoms with Gasteiger partial charge < -0.3 is 10.1 Å². The van der Waals surface area contributed by atoms with Crippen molar-refractivity contribution in [2.24, 2.45) is 7.05 Å². The summed E-state index contributed by atoms with van der Waals surface area (Å²) in [5, 5.41) is 7.69. The quantitative estimate of drug-likeness (QED) is 0.694. The minimum absolute atomic E-state index is 0.131. The van der Waals surface area contributed by atoms with Crippen LogP contribution >= 0.6 is 11.6 Å². The predicted octanol–water partition coefficient (Wildman–Crippen LogP) is 4.20. The number of nitrogens with one attached hydrogen (secondary N) is 1. The van der Waals surface area contributed by atoms with Gasteiger partial charge in [-0.2, -0.15) is 5.10 Å². The Bertz CT molecular complexity index is 966. The number of amides is 1. The van der Waals surface area contributed by atoms with Gasteiger partial charge in [-0.25, -0.2) is 0 Å². The summed E-state index contributed by atoms with van der Waals surface area (Å²) in [5.74, 6) is 0.507. The molecule has 0 aliphatic rings. The third-order valence-corrected chi connectivity index (χ3v) is 4.76. The largest absolute Gasteiger partial charge is 0.487 e. The first-order valence-corrected chi connectivity index (χ1v) is 9.05. The molecule has 6 heteroatoms. The number of carbonyl (C=O) groups excluding carboxylic acids is 1. The molecule has 5 nitrogen and oxygen atoms in total. The molecule has 3 rings (SSSR count). The van der Waals surface area contributed by atoms with Crippen LogP contribution in [0.2, 0.25) is 5.02 Å². The van der Waals surface area contributed by atoms with Crippen LogP contribution in [0.3, 0.4) is 0 Å². The number of aryl methyl sites for hydroxylation is 2. The molecule has 0 aliphatic carbocycles. The zero-order chi connectivity index (χ0) is 19.4. The molecule has 0 atom stereocenters. The lowest BCUT2D eigenvalue weighted by molar-refractivity contribution is 0.0950. The summed E-state index contributed by atoms with van der Waals surface area (Å²) < 4.78 is 7.60. The third kappa shape index (κ3) is 4.68. The van der Waals surface area contributed by atoms with Crippen LogP contribution in [0.25, 0.3) is 0 Å². The summed E-state index contributed by atoms with van der Waals surface area (Å²) in [6, 6.07) is 13.0. The van der Waals surface area contributed by atoms with Crippen LogP contribution in [0, 0.1) is 13.8 Å². The van der Waals surface area contributed by atoms with Crippen molar-refractivity contribution in [2.45, 2.75) is 27.0 Å². The molecule has 3 aromatic rings. The number of rotatable bonds is 6. The van der Waals surface area contributed by atoms with Crippen molar-refractivity contribution in [2.75, 3.05) is 0 Å². The second-order valence-corrected chi connectivity index (χ2v) is 6.89. The highest BCUT2D eigenvalue weighted by Crippen LogP contribution is 2.26. The first kappa shape index (κ1) is 19.0. The van der Waals surface area contributed by atoms with Gasteiger partial charge in [0.05, 0.1) is 11.2 Å². The van der Waals surface area contributed by atoms with Crippen LogP contribution in [0.15, 0.2) is 48.7 Å². The average molecular weight is 384 g/mol. The molecule has 1 heterocycles. The molecule has 140 valence electrons. The number of carbonyl (C=O) groups is 1. The van der Waals surface area contributed by atoms with Gasteiger partial charge in [-0.15, -0.1) is 0 Å². The molecule has 2 aromatic carbocycles. The van der Waals surface area contributed by atoms with Gasteiger partial charge in [0.1, 0.15) is 12.4 Å². The lowest BCUT2D eigenvalue weighted by Gasteiger charge is -2.10. The van der Waals surface area contributed by atoms with E-state index in [0.29, 0.717) is 29.5 Å². The fraction of sp³-hybridized carbons (Fsp3) is 0.238. The van der Waals surface area contributed by atoms with E-state index in [-0.39, 0.29) is 5.91 Å². The minimum Gasteiger partial charge on any atom is -0.487 e. The van der Waals surface area contributed by atoms with Crippen molar-refractivity contribution >= 4 is 17.5 Å². The Hall–Kier alpha value is -2.79. The Morgan fingerprint density at radius 2 is 2.04 bits per heavy atom. The highest BCUT2D eigenvalue weighted by Gasteiger charge is 2.09. The van der Waals surface area contributed by atoms with E-state index in [9.17, 15) is 4.79 Å². The van der Waals surface area contributed by atoms with Crippen molar-refractivity contribution in [3.05, 3.63) is 81.6 Å². The Morgan fingerprint density at radius 1 is 1.22 bits per heavy atom. The Morgan fingerprint density at radius 3 is 2.78 bits per heavy atom.